The van der Waals surface area contributed by atoms with Crippen molar-refractivity contribution in [2.45, 2.75) is 6.92 Å². The molecule has 3 rings (SSSR count). The van der Waals surface area contributed by atoms with Crippen LogP contribution in [0.1, 0.15) is 5.56 Å². The second-order valence-electron chi connectivity index (χ2n) is 5.42. The van der Waals surface area contributed by atoms with Gasteiger partial charge in [-0.15, -0.1) is 0 Å². The Hall–Kier alpha value is -2.99. The van der Waals surface area contributed by atoms with Crippen LogP contribution in [0.25, 0.3) is 0 Å². The van der Waals surface area contributed by atoms with Crippen molar-refractivity contribution in [3.63, 3.8) is 0 Å². The van der Waals surface area contributed by atoms with E-state index in [1.807, 2.05) is 49.4 Å². The van der Waals surface area contributed by atoms with E-state index in [2.05, 4.69) is 20.6 Å². The zero-order valence-electron chi connectivity index (χ0n) is 13.9. The summed E-state index contributed by atoms with van der Waals surface area (Å²) in [6.07, 6.45) is 1.45. The largest absolute Gasteiger partial charge is 0.497 e. The van der Waals surface area contributed by atoms with E-state index >= 15 is 0 Å². The van der Waals surface area contributed by atoms with Crippen molar-refractivity contribution in [1.82, 2.24) is 9.97 Å². The molecule has 0 aliphatic carbocycles. The third kappa shape index (κ3) is 3.92. The summed E-state index contributed by atoms with van der Waals surface area (Å²) < 4.78 is 5.15. The fourth-order valence-corrected chi connectivity index (χ4v) is 2.53. The van der Waals surface area contributed by atoms with Crippen LogP contribution in [0.4, 0.5) is 28.7 Å². The number of aryl methyl sites for hydroxylation is 1. The number of anilines is 5. The smallest absolute Gasteiger partial charge is 0.159 e. The second-order valence-corrected chi connectivity index (χ2v) is 5.86. The molecule has 0 unspecified atom stereocenters. The quantitative estimate of drug-likeness (QED) is 0.624. The average Bonchev–Trinajstić information content (AvgIpc) is 2.61. The van der Waals surface area contributed by atoms with Crippen molar-refractivity contribution in [3.8, 4) is 5.75 Å². The van der Waals surface area contributed by atoms with Crippen molar-refractivity contribution in [2.24, 2.45) is 0 Å². The van der Waals surface area contributed by atoms with Crippen molar-refractivity contribution in [2.75, 3.05) is 23.5 Å². The van der Waals surface area contributed by atoms with Gasteiger partial charge in [-0.2, -0.15) is 0 Å². The Morgan fingerprint density at radius 2 is 1.68 bits per heavy atom. The Morgan fingerprint density at radius 1 is 1.00 bits per heavy atom. The summed E-state index contributed by atoms with van der Waals surface area (Å²) >= 11 is 5.99. The molecule has 2 aromatic carbocycles. The monoisotopic (exact) mass is 355 g/mol. The van der Waals surface area contributed by atoms with Gasteiger partial charge in [0.1, 0.15) is 17.8 Å². The molecule has 1 heterocycles. The van der Waals surface area contributed by atoms with Gasteiger partial charge in [-0.25, -0.2) is 9.97 Å². The summed E-state index contributed by atoms with van der Waals surface area (Å²) in [5.41, 5.74) is 9.36. The third-order valence-corrected chi connectivity index (χ3v) is 3.91. The molecule has 0 bridgehead atoms. The van der Waals surface area contributed by atoms with E-state index in [1.165, 1.54) is 6.33 Å². The van der Waals surface area contributed by atoms with Gasteiger partial charge in [0.05, 0.1) is 7.11 Å². The average molecular weight is 356 g/mol. The number of rotatable bonds is 5. The van der Waals surface area contributed by atoms with E-state index < -0.39 is 0 Å². The molecule has 0 saturated carbocycles. The van der Waals surface area contributed by atoms with E-state index in [9.17, 15) is 0 Å². The highest BCUT2D eigenvalue weighted by Crippen LogP contribution is 2.30. The highest BCUT2D eigenvalue weighted by molar-refractivity contribution is 6.30. The molecule has 0 radical (unpaired) electrons. The summed E-state index contributed by atoms with van der Waals surface area (Å²) in [7, 11) is 1.63. The lowest BCUT2D eigenvalue weighted by atomic mass is 10.2. The first-order valence-electron chi connectivity index (χ1n) is 7.61. The number of hydrogen-bond donors (Lipinski definition) is 3. The summed E-state index contributed by atoms with van der Waals surface area (Å²) in [4.78, 5) is 8.44. The number of ether oxygens (including phenoxy) is 1. The van der Waals surface area contributed by atoms with E-state index in [0.29, 0.717) is 22.3 Å². The normalized spacial score (nSPS) is 10.4. The Balaban J connectivity index is 1.83. The number of aromatic nitrogens is 2. The van der Waals surface area contributed by atoms with Gasteiger partial charge < -0.3 is 21.1 Å². The number of benzene rings is 2. The number of nitrogens with zero attached hydrogens (tertiary/aromatic N) is 2. The Bertz CT molecular complexity index is 883. The van der Waals surface area contributed by atoms with Crippen LogP contribution in [0.3, 0.4) is 0 Å². The molecule has 7 heteroatoms. The summed E-state index contributed by atoms with van der Waals surface area (Å²) in [5.74, 6) is 1.83. The topological polar surface area (TPSA) is 85.1 Å². The minimum atomic E-state index is 0.424. The summed E-state index contributed by atoms with van der Waals surface area (Å²) in [6.45, 7) is 1.96. The molecular formula is C18H18ClN5O. The Labute approximate surface area is 151 Å². The third-order valence-electron chi connectivity index (χ3n) is 3.68. The minimum Gasteiger partial charge on any atom is -0.497 e. The van der Waals surface area contributed by atoms with Gasteiger partial charge in [-0.05, 0) is 55.0 Å². The molecule has 0 fully saturated rings. The first-order chi connectivity index (χ1) is 12.1. The minimum absolute atomic E-state index is 0.424. The van der Waals surface area contributed by atoms with E-state index in [1.54, 1.807) is 7.11 Å². The maximum atomic E-state index is 6.21. The highest BCUT2D eigenvalue weighted by atomic mass is 35.5. The molecule has 128 valence electrons. The zero-order valence-corrected chi connectivity index (χ0v) is 14.6. The molecule has 4 N–H and O–H groups in total. The first-order valence-corrected chi connectivity index (χ1v) is 7.99. The Morgan fingerprint density at radius 3 is 2.32 bits per heavy atom. The van der Waals surface area contributed by atoms with Crippen LogP contribution in [0.2, 0.25) is 5.02 Å². The van der Waals surface area contributed by atoms with Crippen molar-refractivity contribution in [1.29, 1.82) is 0 Å². The maximum absolute atomic E-state index is 6.21. The zero-order chi connectivity index (χ0) is 17.8. The molecule has 3 aromatic rings. The molecule has 25 heavy (non-hydrogen) atoms. The first kappa shape index (κ1) is 16.9. The van der Waals surface area contributed by atoms with Crippen molar-refractivity contribution in [3.05, 3.63) is 59.4 Å². The van der Waals surface area contributed by atoms with Gasteiger partial charge >= 0.3 is 0 Å². The van der Waals surface area contributed by atoms with E-state index in [0.717, 1.165) is 22.7 Å². The van der Waals surface area contributed by atoms with Gasteiger partial charge in [-0.1, -0.05) is 11.6 Å². The lowest BCUT2D eigenvalue weighted by molar-refractivity contribution is 0.415. The second kappa shape index (κ2) is 7.27. The molecule has 1 aromatic heterocycles. The summed E-state index contributed by atoms with van der Waals surface area (Å²) in [5, 5.41) is 7.08. The number of halogens is 1. The van der Waals surface area contributed by atoms with Crippen LogP contribution < -0.4 is 21.1 Å². The fraction of sp³-hybridized carbons (Fsp3) is 0.111. The molecule has 0 saturated heterocycles. The van der Waals surface area contributed by atoms with Gasteiger partial charge in [-0.3, -0.25) is 0 Å². The number of methoxy groups -OCH3 is 1. The lowest BCUT2D eigenvalue weighted by Gasteiger charge is -2.14. The van der Waals surface area contributed by atoms with E-state index in [-0.39, 0.29) is 0 Å². The molecule has 6 nitrogen and oxygen atoms in total. The van der Waals surface area contributed by atoms with Crippen LogP contribution in [0.15, 0.2) is 48.8 Å². The van der Waals surface area contributed by atoms with Gasteiger partial charge in [0.15, 0.2) is 11.6 Å². The van der Waals surface area contributed by atoms with Crippen LogP contribution in [0, 0.1) is 6.92 Å². The van der Waals surface area contributed by atoms with Crippen LogP contribution >= 0.6 is 11.6 Å². The van der Waals surface area contributed by atoms with Crippen LogP contribution in [0.5, 0.6) is 5.75 Å². The standard InChI is InChI=1S/C18H18ClN5O/c1-11-9-12(19)3-8-15(11)24-18-16(20)17(21-10-22-18)23-13-4-6-14(25-2)7-5-13/h3-10H,20H2,1-2H3,(H2,21,22,23,24). The molecule has 0 aliphatic rings. The van der Waals surface area contributed by atoms with Gasteiger partial charge in [0.2, 0.25) is 0 Å². The number of nitrogen functional groups attached to an aromatic ring is 1. The van der Waals surface area contributed by atoms with Crippen molar-refractivity contribution >= 4 is 40.3 Å². The van der Waals surface area contributed by atoms with E-state index in [4.69, 9.17) is 22.1 Å². The van der Waals surface area contributed by atoms with Crippen LogP contribution in [-0.2, 0) is 0 Å². The van der Waals surface area contributed by atoms with Gasteiger partial charge in [0, 0.05) is 16.4 Å². The molecule has 0 atom stereocenters. The number of nitrogens with one attached hydrogen (secondary N) is 2. The molecule has 0 spiro atoms. The molecular weight excluding hydrogens is 338 g/mol. The molecule has 0 aliphatic heterocycles. The number of nitrogens with two attached hydrogens (primary N) is 1. The number of hydrogen-bond acceptors (Lipinski definition) is 6. The predicted molar refractivity (Wildman–Crippen MR) is 102 cm³/mol. The molecule has 0 amide bonds. The summed E-state index contributed by atoms with van der Waals surface area (Å²) in [6, 6.07) is 13.1. The lowest BCUT2D eigenvalue weighted by Crippen LogP contribution is -2.05. The van der Waals surface area contributed by atoms with Crippen molar-refractivity contribution < 1.29 is 4.74 Å². The predicted octanol–water partition coefficient (Wildman–Crippen LogP) is 4.52. The van der Waals surface area contributed by atoms with Crippen LogP contribution in [-0.4, -0.2) is 17.1 Å². The Kier molecular flexibility index (Phi) is 4.90. The highest BCUT2D eigenvalue weighted by Gasteiger charge is 2.10. The SMILES string of the molecule is COc1ccc(Nc2ncnc(Nc3ccc(Cl)cc3C)c2N)cc1. The van der Waals surface area contributed by atoms with Gasteiger partial charge in [0.25, 0.3) is 0 Å². The fourth-order valence-electron chi connectivity index (χ4n) is 2.30. The maximum Gasteiger partial charge on any atom is 0.159 e.